The lowest BCUT2D eigenvalue weighted by Crippen LogP contribution is -2.60. The van der Waals surface area contributed by atoms with Crippen molar-refractivity contribution in [3.05, 3.63) is 0 Å². The van der Waals surface area contributed by atoms with Gasteiger partial charge in [0.2, 0.25) is 0 Å². The number of carboxylic acids is 1. The normalized spacial score (nSPS) is 25.6. The van der Waals surface area contributed by atoms with Crippen molar-refractivity contribution in [2.24, 2.45) is 0 Å². The fraction of sp³-hybridized carbons (Fsp3) is 0.846. The number of aliphatic carboxylic acids is 1. The van der Waals surface area contributed by atoms with Crippen LogP contribution in [0.1, 0.15) is 52.9 Å². The Kier molecular flexibility index (Phi) is 4.99. The zero-order valence-corrected chi connectivity index (χ0v) is 11.5. The molecule has 18 heavy (non-hydrogen) atoms. The molecule has 0 radical (unpaired) electrons. The van der Waals surface area contributed by atoms with E-state index in [0.717, 1.165) is 25.7 Å². The first-order valence-electron chi connectivity index (χ1n) is 6.73. The first-order valence-corrected chi connectivity index (χ1v) is 6.73. The zero-order valence-electron chi connectivity index (χ0n) is 11.5. The summed E-state index contributed by atoms with van der Waals surface area (Å²) in [5.41, 5.74) is -1.06. The van der Waals surface area contributed by atoms with Gasteiger partial charge in [0.05, 0.1) is 0 Å². The maximum Gasteiger partial charge on any atom is 0.329 e. The molecule has 0 bridgehead atoms. The minimum absolute atomic E-state index is 0.0856. The Bertz CT molecular complexity index is 319. The van der Waals surface area contributed by atoms with Gasteiger partial charge < -0.3 is 15.3 Å². The van der Waals surface area contributed by atoms with Crippen LogP contribution in [0.25, 0.3) is 0 Å². The van der Waals surface area contributed by atoms with E-state index in [9.17, 15) is 14.7 Å². The van der Waals surface area contributed by atoms with Crippen molar-refractivity contribution in [3.8, 4) is 0 Å². The molecule has 2 unspecified atom stereocenters. The van der Waals surface area contributed by atoms with Crippen LogP contribution in [0.2, 0.25) is 0 Å². The molecule has 1 saturated heterocycles. The summed E-state index contributed by atoms with van der Waals surface area (Å²) in [5.74, 6) is -0.916. The van der Waals surface area contributed by atoms with Crippen molar-refractivity contribution in [1.29, 1.82) is 0 Å². The predicted octanol–water partition coefficient (Wildman–Crippen LogP) is 2.21. The van der Waals surface area contributed by atoms with E-state index >= 15 is 0 Å². The molecule has 1 heterocycles. The molecule has 0 saturated carbocycles. The molecular weight excluding hydrogens is 232 g/mol. The van der Waals surface area contributed by atoms with Crippen LogP contribution < -0.4 is 5.32 Å². The van der Waals surface area contributed by atoms with Crippen molar-refractivity contribution in [3.63, 3.8) is 0 Å². The Hall–Kier alpha value is -1.26. The molecule has 5 nitrogen and oxygen atoms in total. The number of nitrogens with one attached hydrogen (secondary N) is 1. The first kappa shape index (κ1) is 14.8. The number of urea groups is 1. The topological polar surface area (TPSA) is 69.6 Å². The SMILES string of the molecule is CCCC(C)NC(=O)N1CCCCC1(C)C(=O)O. The molecule has 1 aliphatic rings. The summed E-state index contributed by atoms with van der Waals surface area (Å²) in [6.45, 7) is 6.17. The maximum absolute atomic E-state index is 12.2. The van der Waals surface area contributed by atoms with E-state index in [0.29, 0.717) is 13.0 Å². The van der Waals surface area contributed by atoms with Gasteiger partial charge in [0.25, 0.3) is 0 Å². The highest BCUT2D eigenvalue weighted by atomic mass is 16.4. The third-order valence-electron chi connectivity index (χ3n) is 3.69. The van der Waals surface area contributed by atoms with Crippen LogP contribution in [-0.4, -0.2) is 40.1 Å². The lowest BCUT2D eigenvalue weighted by Gasteiger charge is -2.41. The second-order valence-corrected chi connectivity index (χ2v) is 5.33. The van der Waals surface area contributed by atoms with Crippen LogP contribution >= 0.6 is 0 Å². The van der Waals surface area contributed by atoms with Gasteiger partial charge in [-0.3, -0.25) is 0 Å². The molecule has 2 N–H and O–H groups in total. The number of carbonyl (C=O) groups is 2. The molecule has 2 atom stereocenters. The van der Waals surface area contributed by atoms with E-state index < -0.39 is 11.5 Å². The summed E-state index contributed by atoms with van der Waals surface area (Å²) >= 11 is 0. The number of amides is 2. The first-order chi connectivity index (χ1) is 8.41. The van der Waals surface area contributed by atoms with E-state index in [1.807, 2.05) is 6.92 Å². The van der Waals surface area contributed by atoms with Crippen molar-refractivity contribution >= 4 is 12.0 Å². The second-order valence-electron chi connectivity index (χ2n) is 5.33. The van der Waals surface area contributed by atoms with Crippen LogP contribution in [0.15, 0.2) is 0 Å². The Morgan fingerprint density at radius 3 is 2.67 bits per heavy atom. The molecule has 0 aromatic carbocycles. The average molecular weight is 256 g/mol. The molecule has 1 fully saturated rings. The van der Waals surface area contributed by atoms with Crippen molar-refractivity contribution < 1.29 is 14.7 Å². The maximum atomic E-state index is 12.2. The van der Waals surface area contributed by atoms with Crippen LogP contribution in [0.3, 0.4) is 0 Å². The van der Waals surface area contributed by atoms with Gasteiger partial charge in [0.15, 0.2) is 0 Å². The molecule has 0 aromatic rings. The van der Waals surface area contributed by atoms with Crippen molar-refractivity contribution in [1.82, 2.24) is 10.2 Å². The number of carboxylic acid groups (broad SMARTS) is 1. The Labute approximate surface area is 109 Å². The number of hydrogen-bond donors (Lipinski definition) is 2. The number of likely N-dealkylation sites (tertiary alicyclic amines) is 1. The van der Waals surface area contributed by atoms with Gasteiger partial charge in [-0.2, -0.15) is 0 Å². The Balaban J connectivity index is 2.72. The smallest absolute Gasteiger partial charge is 0.329 e. The monoisotopic (exact) mass is 256 g/mol. The van der Waals surface area contributed by atoms with Gasteiger partial charge in [-0.05, 0) is 39.5 Å². The van der Waals surface area contributed by atoms with Crippen molar-refractivity contribution in [2.45, 2.75) is 64.5 Å². The van der Waals surface area contributed by atoms with Crippen LogP contribution in [-0.2, 0) is 4.79 Å². The Morgan fingerprint density at radius 2 is 2.11 bits per heavy atom. The molecular formula is C13H24N2O3. The number of nitrogens with zero attached hydrogens (tertiary/aromatic N) is 1. The minimum atomic E-state index is -1.06. The van der Waals surface area contributed by atoms with Crippen LogP contribution in [0.5, 0.6) is 0 Å². The number of hydrogen-bond acceptors (Lipinski definition) is 2. The van der Waals surface area contributed by atoms with Crippen LogP contribution in [0.4, 0.5) is 4.79 Å². The van der Waals surface area contributed by atoms with E-state index in [1.54, 1.807) is 6.92 Å². The van der Waals surface area contributed by atoms with Gasteiger partial charge in [-0.1, -0.05) is 13.3 Å². The van der Waals surface area contributed by atoms with Crippen molar-refractivity contribution in [2.75, 3.05) is 6.54 Å². The van der Waals surface area contributed by atoms with Gasteiger partial charge >= 0.3 is 12.0 Å². The number of piperidine rings is 1. The van der Waals surface area contributed by atoms with E-state index in [1.165, 1.54) is 4.90 Å². The van der Waals surface area contributed by atoms with Gasteiger partial charge in [-0.15, -0.1) is 0 Å². The molecule has 104 valence electrons. The van der Waals surface area contributed by atoms with Crippen LogP contribution in [0, 0.1) is 0 Å². The summed E-state index contributed by atoms with van der Waals surface area (Å²) in [5, 5.41) is 12.2. The number of rotatable bonds is 4. The van der Waals surface area contributed by atoms with E-state index in [2.05, 4.69) is 12.2 Å². The minimum Gasteiger partial charge on any atom is -0.480 e. The van der Waals surface area contributed by atoms with E-state index in [-0.39, 0.29) is 12.1 Å². The fourth-order valence-corrected chi connectivity index (χ4v) is 2.46. The summed E-state index contributed by atoms with van der Waals surface area (Å²) < 4.78 is 0. The summed E-state index contributed by atoms with van der Waals surface area (Å²) in [7, 11) is 0. The van der Waals surface area contributed by atoms with Gasteiger partial charge in [0, 0.05) is 12.6 Å². The molecule has 0 aliphatic carbocycles. The quantitative estimate of drug-likeness (QED) is 0.810. The third-order valence-corrected chi connectivity index (χ3v) is 3.69. The highest BCUT2D eigenvalue weighted by molar-refractivity contribution is 5.86. The fourth-order valence-electron chi connectivity index (χ4n) is 2.46. The van der Waals surface area contributed by atoms with E-state index in [4.69, 9.17) is 0 Å². The molecule has 0 aromatic heterocycles. The highest BCUT2D eigenvalue weighted by Crippen LogP contribution is 2.28. The third kappa shape index (κ3) is 3.15. The lowest BCUT2D eigenvalue weighted by atomic mass is 9.89. The summed E-state index contributed by atoms with van der Waals surface area (Å²) in [6, 6.07) is -0.164. The molecule has 2 amide bonds. The lowest BCUT2D eigenvalue weighted by molar-refractivity contribution is -0.150. The summed E-state index contributed by atoms with van der Waals surface area (Å²) in [6.07, 6.45) is 4.16. The number of carbonyl (C=O) groups excluding carboxylic acids is 1. The zero-order chi connectivity index (χ0) is 13.8. The summed E-state index contributed by atoms with van der Waals surface area (Å²) in [4.78, 5) is 25.0. The Morgan fingerprint density at radius 1 is 1.44 bits per heavy atom. The molecule has 5 heteroatoms. The molecule has 1 rings (SSSR count). The molecule has 1 aliphatic heterocycles. The standard InChI is InChI=1S/C13H24N2O3/c1-4-7-10(2)14-12(18)15-9-6-5-8-13(15,3)11(16)17/h10H,4-9H2,1-3H3,(H,14,18)(H,16,17). The second kappa shape index (κ2) is 6.07. The predicted molar refractivity (Wildman–Crippen MR) is 69.5 cm³/mol. The largest absolute Gasteiger partial charge is 0.480 e. The van der Waals surface area contributed by atoms with Gasteiger partial charge in [-0.25, -0.2) is 9.59 Å². The molecule has 0 spiro atoms. The average Bonchev–Trinajstić information content (AvgIpc) is 2.29. The highest BCUT2D eigenvalue weighted by Gasteiger charge is 2.44. The van der Waals surface area contributed by atoms with Gasteiger partial charge in [0.1, 0.15) is 5.54 Å².